The predicted molar refractivity (Wildman–Crippen MR) is 293 cm³/mol. The van der Waals surface area contributed by atoms with Crippen molar-refractivity contribution >= 4 is 53.8 Å². The number of nitrogens with two attached hydrogens (primary N) is 1. The van der Waals surface area contributed by atoms with E-state index in [0.717, 1.165) is 23.3 Å². The molecule has 0 fully saturated rings. The molecule has 0 radical (unpaired) electrons. The summed E-state index contributed by atoms with van der Waals surface area (Å²) in [6, 6.07) is 20.1. The Kier molecular flexibility index (Phi) is 22.1. The Hall–Kier alpha value is -8.35. The Morgan fingerprint density at radius 2 is 1.35 bits per heavy atom. The van der Waals surface area contributed by atoms with Crippen LogP contribution in [0.1, 0.15) is 88.8 Å². The number of rotatable bonds is 29. The number of non-ortho nitro benzene ring substituents is 1. The third kappa shape index (κ3) is 18.1. The van der Waals surface area contributed by atoms with Crippen LogP contribution >= 0.6 is 0 Å². The SMILES string of the molecule is CCC(NC(=O)[C@H](CC(C)C)NC(=O)[C@@H](N)C(C)(C)CC(=O)[C@H](Cc1ccccc1C)NC(=O)[C@@H](Cc1ccc(OCc2ccccc2)cc1)NC(=O)[C@H](Cc1cn(-c2ccc([N+](=O)[O-])cc2[N+](=O)[O-])cn1)NC(C)=O)B(O)O. The maximum absolute atomic E-state index is 14.9. The first-order valence-corrected chi connectivity index (χ1v) is 25.7. The molecule has 0 bridgehead atoms. The molecule has 0 aliphatic carbocycles. The molecule has 6 atom stereocenters. The summed E-state index contributed by atoms with van der Waals surface area (Å²) in [4.78, 5) is 110. The lowest BCUT2D eigenvalue weighted by Gasteiger charge is -2.33. The standard InChI is InChI=1S/C55H69BN10O13/c1-8-49(56(73)74)63-53(71)43(24-33(2)3)62-54(72)50(57)55(6,7)29-48(68)42(26-38-17-13-12-14-34(38)4)60-51(69)44(25-36-18-21-41(22-19-36)79-31-37-15-10-9-11-16-37)61-52(70)45(59-35(5)67)27-39-30-64(32-58-39)46-23-20-40(65(75)76)28-47(46)66(77)78/h9-23,28,30,32-33,42-45,49-50,73-74H,8,24-27,29,31,57H2,1-7H3,(H,59,67)(H,60,69)(H,61,70)(H,62,72)(H,63,71)/t42-,43-,44+,45-,49?,50+/m0/s1. The number of hydrogen-bond acceptors (Lipinski definition) is 15. The Morgan fingerprint density at radius 3 is 1.95 bits per heavy atom. The van der Waals surface area contributed by atoms with Gasteiger partial charge in [0.2, 0.25) is 29.5 Å². The molecule has 1 unspecified atom stereocenters. The minimum absolute atomic E-state index is 0.0150. The van der Waals surface area contributed by atoms with Gasteiger partial charge in [-0.3, -0.25) is 53.6 Å². The number of nitrogens with zero attached hydrogens (tertiary/aromatic N) is 4. The van der Waals surface area contributed by atoms with Crippen molar-refractivity contribution in [3.05, 3.63) is 158 Å². The van der Waals surface area contributed by atoms with Crippen LogP contribution in [0, 0.1) is 38.5 Å². The first-order valence-electron chi connectivity index (χ1n) is 25.7. The molecule has 9 N–H and O–H groups in total. The number of nitrogens with one attached hydrogen (secondary N) is 5. The van der Waals surface area contributed by atoms with E-state index in [1.54, 1.807) is 57.2 Å². The molecule has 79 heavy (non-hydrogen) atoms. The van der Waals surface area contributed by atoms with Gasteiger partial charge >= 0.3 is 7.12 Å². The number of carbonyl (C=O) groups excluding carboxylic acids is 6. The molecule has 5 rings (SSSR count). The van der Waals surface area contributed by atoms with Crippen LogP contribution in [0.2, 0.25) is 0 Å². The van der Waals surface area contributed by atoms with Crippen LogP contribution in [-0.2, 0) is 54.6 Å². The van der Waals surface area contributed by atoms with Gasteiger partial charge in [-0.15, -0.1) is 0 Å². The first kappa shape index (κ1) is 61.5. The Labute approximate surface area is 457 Å². The quantitative estimate of drug-likeness (QED) is 0.0192. The van der Waals surface area contributed by atoms with E-state index in [2.05, 4.69) is 31.6 Å². The van der Waals surface area contributed by atoms with Gasteiger partial charge in [-0.25, -0.2) is 4.98 Å². The lowest BCUT2D eigenvalue weighted by Crippen LogP contribution is -2.59. The summed E-state index contributed by atoms with van der Waals surface area (Å²) in [6.07, 6.45) is 2.16. The normalized spacial score (nSPS) is 13.6. The fourth-order valence-corrected chi connectivity index (χ4v) is 8.68. The number of ketones is 1. The van der Waals surface area contributed by atoms with E-state index < -0.39 is 105 Å². The largest absolute Gasteiger partial charge is 0.489 e. The second kappa shape index (κ2) is 28.3. The summed E-state index contributed by atoms with van der Waals surface area (Å²) in [5, 5.41) is 56.3. The average Bonchev–Trinajstić information content (AvgIpc) is 3.90. The molecule has 0 aliphatic heterocycles. The minimum Gasteiger partial charge on any atom is -0.489 e. The topological polar surface area (TPSA) is 342 Å². The third-order valence-corrected chi connectivity index (χ3v) is 13.2. The molecule has 5 amide bonds. The van der Waals surface area contributed by atoms with E-state index in [1.165, 1.54) is 30.1 Å². The lowest BCUT2D eigenvalue weighted by molar-refractivity contribution is -0.394. The van der Waals surface area contributed by atoms with Gasteiger partial charge in [-0.1, -0.05) is 101 Å². The second-order valence-corrected chi connectivity index (χ2v) is 20.5. The van der Waals surface area contributed by atoms with E-state index in [-0.39, 0.29) is 62.4 Å². The molecule has 5 aromatic rings. The molecule has 1 aromatic heterocycles. The van der Waals surface area contributed by atoms with Gasteiger partial charge in [-0.2, -0.15) is 0 Å². The molecule has 24 heteroatoms. The second-order valence-electron chi connectivity index (χ2n) is 20.5. The predicted octanol–water partition coefficient (Wildman–Crippen LogP) is 3.83. The number of aromatic nitrogens is 2. The number of imidazole rings is 1. The van der Waals surface area contributed by atoms with E-state index in [1.807, 2.05) is 63.2 Å². The number of ether oxygens (including phenoxy) is 1. The minimum atomic E-state index is -1.84. The number of nitro benzene ring substituents is 2. The van der Waals surface area contributed by atoms with Crippen LogP contribution in [0.4, 0.5) is 11.4 Å². The van der Waals surface area contributed by atoms with Gasteiger partial charge in [0, 0.05) is 38.4 Å². The fourth-order valence-electron chi connectivity index (χ4n) is 8.68. The van der Waals surface area contributed by atoms with Crippen molar-refractivity contribution in [1.29, 1.82) is 0 Å². The number of Topliss-reactive ketones (excluding diaryl/α,β-unsaturated/α-hetero) is 1. The zero-order valence-electron chi connectivity index (χ0n) is 45.2. The summed E-state index contributed by atoms with van der Waals surface area (Å²) in [5.74, 6) is -4.72. The smallest absolute Gasteiger partial charge is 0.475 e. The zero-order chi connectivity index (χ0) is 58.1. The monoisotopic (exact) mass is 1090 g/mol. The molecule has 420 valence electrons. The zero-order valence-corrected chi connectivity index (χ0v) is 45.2. The van der Waals surface area contributed by atoms with Gasteiger partial charge < -0.3 is 47.1 Å². The highest BCUT2D eigenvalue weighted by Gasteiger charge is 2.39. The summed E-state index contributed by atoms with van der Waals surface area (Å²) in [7, 11) is -1.84. The first-order chi connectivity index (χ1) is 37.3. The molecule has 1 heterocycles. The van der Waals surface area contributed by atoms with Crippen molar-refractivity contribution in [2.45, 2.75) is 130 Å². The van der Waals surface area contributed by atoms with Gasteiger partial charge in [-0.05, 0) is 78.0 Å². The van der Waals surface area contributed by atoms with Gasteiger partial charge in [0.15, 0.2) is 5.78 Å². The van der Waals surface area contributed by atoms with Crippen molar-refractivity contribution in [2.24, 2.45) is 17.1 Å². The summed E-state index contributed by atoms with van der Waals surface area (Å²) >= 11 is 0. The molecule has 23 nitrogen and oxygen atoms in total. The van der Waals surface area contributed by atoms with Crippen LogP contribution in [0.15, 0.2) is 110 Å². The van der Waals surface area contributed by atoms with Crippen molar-refractivity contribution < 1.29 is 53.4 Å². The van der Waals surface area contributed by atoms with Crippen molar-refractivity contribution in [2.75, 3.05) is 0 Å². The van der Waals surface area contributed by atoms with E-state index in [4.69, 9.17) is 10.5 Å². The van der Waals surface area contributed by atoms with E-state index in [0.29, 0.717) is 16.9 Å². The Bertz CT molecular complexity index is 2950. The van der Waals surface area contributed by atoms with Crippen LogP contribution in [0.3, 0.4) is 0 Å². The highest BCUT2D eigenvalue weighted by Crippen LogP contribution is 2.29. The molecule has 0 aliphatic rings. The molecular formula is C55H69BN10O13. The summed E-state index contributed by atoms with van der Waals surface area (Å²) in [6.45, 7) is 11.8. The number of hydrogen-bond donors (Lipinski definition) is 8. The molecule has 0 saturated heterocycles. The third-order valence-electron chi connectivity index (χ3n) is 13.2. The molecular weight excluding hydrogens is 1020 g/mol. The Balaban J connectivity index is 1.44. The van der Waals surface area contributed by atoms with Crippen molar-refractivity contribution in [1.82, 2.24) is 36.1 Å². The van der Waals surface area contributed by atoms with E-state index >= 15 is 0 Å². The van der Waals surface area contributed by atoms with Crippen LogP contribution in [0.25, 0.3) is 5.69 Å². The highest BCUT2D eigenvalue weighted by atomic mass is 16.6. The summed E-state index contributed by atoms with van der Waals surface area (Å²) < 4.78 is 7.22. The number of carbonyl (C=O) groups is 6. The molecule has 0 spiro atoms. The lowest BCUT2D eigenvalue weighted by atomic mass is 9.77. The molecule has 0 saturated carbocycles. The Morgan fingerprint density at radius 1 is 0.747 bits per heavy atom. The van der Waals surface area contributed by atoms with Crippen molar-refractivity contribution in [3.8, 4) is 11.4 Å². The van der Waals surface area contributed by atoms with Crippen LogP contribution in [0.5, 0.6) is 5.75 Å². The van der Waals surface area contributed by atoms with Gasteiger partial charge in [0.1, 0.15) is 36.2 Å². The maximum Gasteiger partial charge on any atom is 0.475 e. The highest BCUT2D eigenvalue weighted by molar-refractivity contribution is 6.43. The van der Waals surface area contributed by atoms with Crippen LogP contribution < -0.4 is 37.1 Å². The number of benzene rings is 4. The maximum atomic E-state index is 14.9. The van der Waals surface area contributed by atoms with Crippen LogP contribution in [-0.4, -0.2) is 108 Å². The van der Waals surface area contributed by atoms with Gasteiger partial charge in [0.05, 0.1) is 46.0 Å². The molecule has 4 aromatic carbocycles. The van der Waals surface area contributed by atoms with Crippen molar-refractivity contribution in [3.63, 3.8) is 0 Å². The fraction of sp³-hybridized carbons (Fsp3) is 0.400. The number of aryl methyl sites for hydroxylation is 1. The van der Waals surface area contributed by atoms with Gasteiger partial charge in [0.25, 0.3) is 11.4 Å². The summed E-state index contributed by atoms with van der Waals surface area (Å²) in [5.41, 5.74) is 7.33. The number of nitro groups is 2. The number of amides is 5. The average molecular weight is 1090 g/mol. The van der Waals surface area contributed by atoms with E-state index in [9.17, 15) is 59.0 Å².